The van der Waals surface area contributed by atoms with E-state index < -0.39 is 5.97 Å². The van der Waals surface area contributed by atoms with Crippen molar-refractivity contribution in [1.82, 2.24) is 15.2 Å². The molecule has 0 spiro atoms. The van der Waals surface area contributed by atoms with Gasteiger partial charge in [-0.25, -0.2) is 9.78 Å². The van der Waals surface area contributed by atoms with Gasteiger partial charge in [0.2, 0.25) is 5.16 Å². The van der Waals surface area contributed by atoms with Crippen molar-refractivity contribution in [3.05, 3.63) is 44.8 Å². The Balaban J connectivity index is 1.86. The van der Waals surface area contributed by atoms with Gasteiger partial charge in [-0.2, -0.15) is 0 Å². The maximum absolute atomic E-state index is 11.5. The number of carbonyl (C=O) groups is 1. The van der Waals surface area contributed by atoms with Crippen LogP contribution in [0, 0.1) is 3.77 Å². The first-order chi connectivity index (χ1) is 13.0. The van der Waals surface area contributed by atoms with Crippen molar-refractivity contribution in [3.8, 4) is 22.9 Å². The maximum atomic E-state index is 11.5. The Morgan fingerprint density at radius 3 is 2.52 bits per heavy atom. The van der Waals surface area contributed by atoms with Crippen molar-refractivity contribution in [1.29, 1.82) is 0 Å². The van der Waals surface area contributed by atoms with Crippen molar-refractivity contribution < 1.29 is 23.8 Å². The van der Waals surface area contributed by atoms with Crippen LogP contribution in [0.5, 0.6) is 11.5 Å². The number of thioether (sulfide) groups is 1. The third-order valence-corrected chi connectivity index (χ3v) is 4.83. The molecule has 0 bridgehead atoms. The van der Waals surface area contributed by atoms with E-state index in [1.807, 2.05) is 22.6 Å². The zero-order valence-corrected chi connectivity index (χ0v) is 17.2. The molecule has 3 rings (SSSR count). The molecular formula is C17H14IN3O5S. The van der Waals surface area contributed by atoms with Crippen molar-refractivity contribution in [3.63, 3.8) is 0 Å². The molecular weight excluding hydrogens is 485 g/mol. The van der Waals surface area contributed by atoms with Gasteiger partial charge in [-0.1, -0.05) is 0 Å². The zero-order chi connectivity index (χ0) is 19.4. The fourth-order valence-electron chi connectivity index (χ4n) is 2.13. The topological polar surface area (TPSA) is 110 Å². The Morgan fingerprint density at radius 2 is 1.96 bits per heavy atom. The number of aromatic amines is 1. The van der Waals surface area contributed by atoms with Gasteiger partial charge in [0.15, 0.2) is 9.59 Å². The fraction of sp³-hybridized carbons (Fsp3) is 0.118. The van der Waals surface area contributed by atoms with Gasteiger partial charge in [-0.3, -0.25) is 5.10 Å². The minimum atomic E-state index is -1.10. The molecule has 2 N–H and O–H groups in total. The average Bonchev–Trinajstić information content (AvgIpc) is 3.29. The number of benzene rings is 1. The number of carboxylic acids is 1. The third kappa shape index (κ3) is 4.83. The van der Waals surface area contributed by atoms with Gasteiger partial charge in [-0.05, 0) is 58.6 Å². The number of halogens is 1. The van der Waals surface area contributed by atoms with Crippen LogP contribution in [0.4, 0.5) is 0 Å². The van der Waals surface area contributed by atoms with Crippen LogP contribution in [0.15, 0.2) is 44.8 Å². The lowest BCUT2D eigenvalue weighted by molar-refractivity contribution is -0.131. The number of rotatable bonds is 7. The molecule has 0 aliphatic heterocycles. The smallest absolute Gasteiger partial charge is 0.342 e. The number of nitrogens with zero attached hydrogens (tertiary/aromatic N) is 2. The van der Waals surface area contributed by atoms with Crippen LogP contribution in [0.1, 0.15) is 5.76 Å². The van der Waals surface area contributed by atoms with E-state index in [9.17, 15) is 9.90 Å². The van der Waals surface area contributed by atoms with E-state index in [0.29, 0.717) is 32.4 Å². The van der Waals surface area contributed by atoms with Crippen LogP contribution in [0.3, 0.4) is 0 Å². The standard InChI is InChI=1S/C17H14IN3O5S/c1-24-11-5-9(6-12(7-11)25-2)15-19-17(21-20-15)27-13(16(22)23)8-10-3-4-14(18)26-10/h3-8H,1-2H3,(H,22,23)(H,19,20,21)/b13-8-. The van der Waals surface area contributed by atoms with E-state index in [0.717, 1.165) is 11.8 Å². The summed E-state index contributed by atoms with van der Waals surface area (Å²) in [6.07, 6.45) is 1.43. The van der Waals surface area contributed by atoms with E-state index in [2.05, 4.69) is 15.2 Å². The van der Waals surface area contributed by atoms with Gasteiger partial charge < -0.3 is 19.0 Å². The lowest BCUT2D eigenvalue weighted by Crippen LogP contribution is -1.97. The number of aromatic nitrogens is 3. The second-order valence-electron chi connectivity index (χ2n) is 5.13. The Labute approximate surface area is 172 Å². The first kappa shape index (κ1) is 19.3. The number of ether oxygens (including phenoxy) is 2. The van der Waals surface area contributed by atoms with Crippen LogP contribution in [-0.4, -0.2) is 40.5 Å². The van der Waals surface area contributed by atoms with Crippen LogP contribution >= 0.6 is 34.4 Å². The Hall–Kier alpha value is -2.47. The molecule has 0 atom stereocenters. The lowest BCUT2D eigenvalue weighted by atomic mass is 10.2. The van der Waals surface area contributed by atoms with E-state index in [4.69, 9.17) is 13.9 Å². The summed E-state index contributed by atoms with van der Waals surface area (Å²) in [5.41, 5.74) is 0.701. The normalized spacial score (nSPS) is 11.4. The first-order valence-corrected chi connectivity index (χ1v) is 9.42. The number of methoxy groups -OCH3 is 2. The molecule has 0 fully saturated rings. The second kappa shape index (κ2) is 8.48. The van der Waals surface area contributed by atoms with Crippen LogP contribution < -0.4 is 9.47 Å². The van der Waals surface area contributed by atoms with Gasteiger partial charge >= 0.3 is 5.97 Å². The summed E-state index contributed by atoms with van der Waals surface area (Å²) in [6, 6.07) is 8.73. The average molecular weight is 499 g/mol. The number of H-pyrrole nitrogens is 1. The zero-order valence-electron chi connectivity index (χ0n) is 14.2. The summed E-state index contributed by atoms with van der Waals surface area (Å²) in [5, 5.41) is 16.6. The Bertz CT molecular complexity index is 976. The van der Waals surface area contributed by atoms with E-state index in [-0.39, 0.29) is 10.1 Å². The van der Waals surface area contributed by atoms with Crippen LogP contribution in [-0.2, 0) is 4.79 Å². The van der Waals surface area contributed by atoms with Gasteiger partial charge in [0.05, 0.1) is 14.2 Å². The summed E-state index contributed by atoms with van der Waals surface area (Å²) in [7, 11) is 3.11. The molecule has 27 heavy (non-hydrogen) atoms. The van der Waals surface area contributed by atoms with Gasteiger partial charge in [0.1, 0.15) is 22.2 Å². The molecule has 0 radical (unpaired) electrons. The Kier molecular flexibility index (Phi) is 6.06. The number of hydrogen-bond acceptors (Lipinski definition) is 7. The molecule has 0 unspecified atom stereocenters. The largest absolute Gasteiger partial charge is 0.497 e. The number of aliphatic carboxylic acids is 1. The molecule has 3 aromatic rings. The fourth-order valence-corrected chi connectivity index (χ4v) is 3.25. The number of furan rings is 1. The van der Waals surface area contributed by atoms with Crippen molar-refractivity contribution in [2.24, 2.45) is 0 Å². The quantitative estimate of drug-likeness (QED) is 0.286. The highest BCUT2D eigenvalue weighted by Gasteiger charge is 2.16. The third-order valence-electron chi connectivity index (χ3n) is 3.37. The van der Waals surface area contributed by atoms with Gasteiger partial charge in [0.25, 0.3) is 0 Å². The molecule has 0 saturated heterocycles. The highest BCUT2D eigenvalue weighted by Crippen LogP contribution is 2.31. The molecule has 140 valence electrons. The molecule has 8 nitrogen and oxygen atoms in total. The van der Waals surface area contributed by atoms with Crippen molar-refractivity contribution >= 4 is 46.4 Å². The maximum Gasteiger partial charge on any atom is 0.342 e. The minimum absolute atomic E-state index is 0.0366. The Morgan fingerprint density at radius 1 is 1.26 bits per heavy atom. The van der Waals surface area contributed by atoms with Crippen molar-refractivity contribution in [2.45, 2.75) is 5.16 Å². The highest BCUT2D eigenvalue weighted by molar-refractivity contribution is 14.1. The first-order valence-electron chi connectivity index (χ1n) is 7.52. The molecule has 0 saturated carbocycles. The number of carboxylic acid groups (broad SMARTS) is 1. The molecule has 2 aromatic heterocycles. The van der Waals surface area contributed by atoms with Gasteiger partial charge in [-0.15, -0.1) is 5.10 Å². The summed E-state index contributed by atoms with van der Waals surface area (Å²) < 4.78 is 16.5. The molecule has 0 aliphatic carbocycles. The summed E-state index contributed by atoms with van der Waals surface area (Å²) in [6.45, 7) is 0. The predicted octanol–water partition coefficient (Wildman–Crippen LogP) is 3.90. The molecule has 0 amide bonds. The minimum Gasteiger partial charge on any atom is -0.497 e. The van der Waals surface area contributed by atoms with E-state index in [1.165, 1.54) is 6.08 Å². The number of hydrogen-bond donors (Lipinski definition) is 2. The van der Waals surface area contributed by atoms with Gasteiger partial charge in [0, 0.05) is 17.7 Å². The lowest BCUT2D eigenvalue weighted by Gasteiger charge is -2.06. The molecule has 2 heterocycles. The summed E-state index contributed by atoms with van der Waals surface area (Å²) in [4.78, 5) is 15.9. The predicted molar refractivity (Wildman–Crippen MR) is 108 cm³/mol. The summed E-state index contributed by atoms with van der Waals surface area (Å²) >= 11 is 2.93. The van der Waals surface area contributed by atoms with Crippen molar-refractivity contribution in [2.75, 3.05) is 14.2 Å². The van der Waals surface area contributed by atoms with E-state index in [1.54, 1.807) is 44.6 Å². The van der Waals surface area contributed by atoms with E-state index >= 15 is 0 Å². The SMILES string of the molecule is COc1cc(OC)cc(-c2nc(S/C(=C\c3ccc(I)o3)C(=O)O)n[nH]2)c1. The number of nitrogens with one attached hydrogen (secondary N) is 1. The highest BCUT2D eigenvalue weighted by atomic mass is 127. The van der Waals surface area contributed by atoms with Crippen LogP contribution in [0.2, 0.25) is 0 Å². The molecule has 1 aromatic carbocycles. The second-order valence-corrected chi connectivity index (χ2v) is 7.20. The van der Waals surface area contributed by atoms with Crippen LogP contribution in [0.25, 0.3) is 17.5 Å². The summed E-state index contributed by atoms with van der Waals surface area (Å²) in [5.74, 6) is 1.02. The monoisotopic (exact) mass is 499 g/mol. The molecule has 10 heteroatoms. The molecule has 0 aliphatic rings.